The summed E-state index contributed by atoms with van der Waals surface area (Å²) in [5.41, 5.74) is 0.742. The third-order valence-corrected chi connectivity index (χ3v) is 6.19. The Morgan fingerprint density at radius 3 is 2.46 bits per heavy atom. The third-order valence-electron chi connectivity index (χ3n) is 5.36. The Labute approximate surface area is 164 Å². The first-order valence-electron chi connectivity index (χ1n) is 9.37. The molecule has 2 fully saturated rings. The molecule has 3 heterocycles. The van der Waals surface area contributed by atoms with Gasteiger partial charge in [0.25, 0.3) is 11.5 Å². The number of amides is 1. The minimum Gasteiger partial charge on any atom is -0.368 e. The molecule has 144 valence electrons. The van der Waals surface area contributed by atoms with Gasteiger partial charge >= 0.3 is 5.69 Å². The number of nitrogens with zero attached hydrogens (tertiary/aromatic N) is 4. The SMILES string of the molecule is O=C(c1snc2c(=O)n(C3CC3)c(=O)[nH]c12)N1CCN(c2ccccc2)CC1. The molecule has 1 amide bonds. The number of nitrogens with one attached hydrogen (secondary N) is 1. The van der Waals surface area contributed by atoms with E-state index in [1.54, 1.807) is 4.90 Å². The number of aromatic nitrogens is 3. The van der Waals surface area contributed by atoms with Gasteiger partial charge in [0.15, 0.2) is 5.52 Å². The van der Waals surface area contributed by atoms with E-state index in [9.17, 15) is 14.4 Å². The number of benzene rings is 1. The van der Waals surface area contributed by atoms with Crippen LogP contribution in [-0.2, 0) is 0 Å². The quantitative estimate of drug-likeness (QED) is 0.722. The van der Waals surface area contributed by atoms with Crippen LogP contribution in [0.1, 0.15) is 28.6 Å². The van der Waals surface area contributed by atoms with Gasteiger partial charge in [0.05, 0.1) is 5.52 Å². The van der Waals surface area contributed by atoms with Crippen molar-refractivity contribution in [1.82, 2.24) is 18.8 Å². The van der Waals surface area contributed by atoms with Crippen molar-refractivity contribution in [2.75, 3.05) is 31.1 Å². The molecule has 2 aromatic heterocycles. The van der Waals surface area contributed by atoms with Gasteiger partial charge in [-0.15, -0.1) is 0 Å². The topological polar surface area (TPSA) is 91.3 Å². The molecule has 1 aliphatic heterocycles. The van der Waals surface area contributed by atoms with Crippen LogP contribution in [0.3, 0.4) is 0 Å². The summed E-state index contributed by atoms with van der Waals surface area (Å²) in [5, 5.41) is 0. The Balaban J connectivity index is 1.40. The fourth-order valence-corrected chi connectivity index (χ4v) is 4.48. The molecule has 3 aromatic rings. The van der Waals surface area contributed by atoms with Crippen LogP contribution in [0.15, 0.2) is 39.9 Å². The average molecular weight is 397 g/mol. The van der Waals surface area contributed by atoms with Crippen LogP contribution in [0.2, 0.25) is 0 Å². The maximum atomic E-state index is 13.0. The minimum absolute atomic E-state index is 0.0347. The Morgan fingerprint density at radius 2 is 1.79 bits per heavy atom. The molecule has 28 heavy (non-hydrogen) atoms. The van der Waals surface area contributed by atoms with Crippen LogP contribution < -0.4 is 16.1 Å². The average Bonchev–Trinajstić information content (AvgIpc) is 3.47. The summed E-state index contributed by atoms with van der Waals surface area (Å²) in [7, 11) is 0. The van der Waals surface area contributed by atoms with E-state index in [2.05, 4.69) is 26.4 Å². The predicted molar refractivity (Wildman–Crippen MR) is 107 cm³/mol. The van der Waals surface area contributed by atoms with Gasteiger partial charge in [-0.25, -0.2) is 4.79 Å². The van der Waals surface area contributed by atoms with Crippen LogP contribution in [0, 0.1) is 0 Å². The lowest BCUT2D eigenvalue weighted by Gasteiger charge is -2.35. The van der Waals surface area contributed by atoms with Crippen LogP contribution in [0.4, 0.5) is 5.69 Å². The zero-order valence-corrected chi connectivity index (χ0v) is 15.9. The number of rotatable bonds is 3. The van der Waals surface area contributed by atoms with Crippen molar-refractivity contribution in [3.05, 3.63) is 56.0 Å². The van der Waals surface area contributed by atoms with E-state index in [0.717, 1.165) is 43.2 Å². The monoisotopic (exact) mass is 397 g/mol. The first-order valence-corrected chi connectivity index (χ1v) is 10.1. The van der Waals surface area contributed by atoms with E-state index >= 15 is 0 Å². The molecule has 8 nitrogen and oxygen atoms in total. The van der Waals surface area contributed by atoms with E-state index in [1.807, 2.05) is 18.2 Å². The van der Waals surface area contributed by atoms with Gasteiger partial charge in [-0.3, -0.25) is 14.2 Å². The molecular formula is C19H19N5O3S. The zero-order valence-electron chi connectivity index (χ0n) is 15.1. The highest BCUT2D eigenvalue weighted by Gasteiger charge is 2.30. The van der Waals surface area contributed by atoms with Gasteiger partial charge in [0.1, 0.15) is 4.88 Å². The van der Waals surface area contributed by atoms with E-state index in [4.69, 9.17) is 0 Å². The number of carbonyl (C=O) groups excluding carboxylic acids is 1. The smallest absolute Gasteiger partial charge is 0.329 e. The highest BCUT2D eigenvalue weighted by molar-refractivity contribution is 7.09. The van der Waals surface area contributed by atoms with Crippen molar-refractivity contribution in [2.24, 2.45) is 0 Å². The number of aromatic amines is 1. The standard InChI is InChI=1S/C19H19N5O3S/c25-17-15-14(20-19(27)24(17)13-6-7-13)16(28-21-15)18(26)23-10-8-22(9-11-23)12-4-2-1-3-5-12/h1-5,13H,6-11H2,(H,20,27). The van der Waals surface area contributed by atoms with Crippen LogP contribution in [-0.4, -0.2) is 50.9 Å². The molecule has 1 saturated heterocycles. The first-order chi connectivity index (χ1) is 13.6. The fraction of sp³-hybridized carbons (Fsp3) is 0.368. The molecule has 0 atom stereocenters. The molecule has 0 spiro atoms. The minimum atomic E-state index is -0.455. The molecule has 0 radical (unpaired) electrons. The van der Waals surface area contributed by atoms with Crippen LogP contribution >= 0.6 is 11.5 Å². The van der Waals surface area contributed by atoms with Crippen molar-refractivity contribution in [3.8, 4) is 0 Å². The molecule has 0 unspecified atom stereocenters. The normalized spacial score (nSPS) is 17.3. The van der Waals surface area contributed by atoms with Crippen molar-refractivity contribution < 1.29 is 4.79 Å². The van der Waals surface area contributed by atoms with Gasteiger partial charge in [-0.2, -0.15) is 4.37 Å². The molecule has 5 rings (SSSR count). The Kier molecular flexibility index (Phi) is 4.04. The summed E-state index contributed by atoms with van der Waals surface area (Å²) < 4.78 is 5.42. The summed E-state index contributed by atoms with van der Waals surface area (Å²) in [4.78, 5) is 45.0. The Morgan fingerprint density at radius 1 is 1.07 bits per heavy atom. The number of H-pyrrole nitrogens is 1. The van der Waals surface area contributed by atoms with Crippen LogP contribution in [0.25, 0.3) is 11.0 Å². The number of hydrogen-bond acceptors (Lipinski definition) is 6. The number of hydrogen-bond donors (Lipinski definition) is 1. The summed E-state index contributed by atoms with van der Waals surface area (Å²) in [6, 6.07) is 10.1. The maximum Gasteiger partial charge on any atom is 0.329 e. The van der Waals surface area contributed by atoms with Gasteiger partial charge < -0.3 is 14.8 Å². The van der Waals surface area contributed by atoms with Crippen molar-refractivity contribution in [1.29, 1.82) is 0 Å². The predicted octanol–water partition coefficient (Wildman–Crippen LogP) is 1.44. The van der Waals surface area contributed by atoms with Crippen LogP contribution in [0.5, 0.6) is 0 Å². The molecule has 1 N–H and O–H groups in total. The van der Waals surface area contributed by atoms with Crippen molar-refractivity contribution in [3.63, 3.8) is 0 Å². The highest BCUT2D eigenvalue weighted by atomic mass is 32.1. The van der Waals surface area contributed by atoms with E-state index < -0.39 is 11.2 Å². The lowest BCUT2D eigenvalue weighted by atomic mass is 10.2. The van der Waals surface area contributed by atoms with Crippen molar-refractivity contribution >= 4 is 34.2 Å². The maximum absolute atomic E-state index is 13.0. The number of anilines is 1. The summed E-state index contributed by atoms with van der Waals surface area (Å²) in [5.74, 6) is -0.181. The lowest BCUT2D eigenvalue weighted by Crippen LogP contribution is -2.48. The van der Waals surface area contributed by atoms with Gasteiger partial charge in [-0.05, 0) is 36.5 Å². The third kappa shape index (κ3) is 2.82. The second-order valence-corrected chi connectivity index (χ2v) is 7.96. The molecule has 1 aromatic carbocycles. The van der Waals surface area contributed by atoms with Crippen molar-refractivity contribution in [2.45, 2.75) is 18.9 Å². The second kappa shape index (κ2) is 6.59. The Bertz CT molecular complexity index is 1150. The molecular weight excluding hydrogens is 378 g/mol. The lowest BCUT2D eigenvalue weighted by molar-refractivity contribution is 0.0753. The summed E-state index contributed by atoms with van der Waals surface area (Å²) >= 11 is 0.987. The highest BCUT2D eigenvalue weighted by Crippen LogP contribution is 2.32. The number of para-hydroxylation sites is 1. The summed E-state index contributed by atoms with van der Waals surface area (Å²) in [6.07, 6.45) is 1.66. The molecule has 1 aliphatic carbocycles. The summed E-state index contributed by atoms with van der Waals surface area (Å²) in [6.45, 7) is 2.63. The molecule has 2 aliphatic rings. The molecule has 0 bridgehead atoms. The van der Waals surface area contributed by atoms with E-state index in [0.29, 0.717) is 18.0 Å². The second-order valence-electron chi connectivity index (χ2n) is 7.19. The number of carbonyl (C=O) groups is 1. The molecule has 1 saturated carbocycles. The van der Waals surface area contributed by atoms with Gasteiger partial charge in [0.2, 0.25) is 0 Å². The van der Waals surface area contributed by atoms with E-state index in [1.165, 1.54) is 4.57 Å². The Hall–Kier alpha value is -2.94. The van der Waals surface area contributed by atoms with Gasteiger partial charge in [-0.1, -0.05) is 18.2 Å². The molecule has 9 heteroatoms. The first kappa shape index (κ1) is 17.2. The van der Waals surface area contributed by atoms with Gasteiger partial charge in [0, 0.05) is 37.9 Å². The number of fused-ring (bicyclic) bond motifs is 1. The number of piperazine rings is 1. The zero-order chi connectivity index (χ0) is 19.3. The largest absolute Gasteiger partial charge is 0.368 e. The fourth-order valence-electron chi connectivity index (χ4n) is 3.69. The van der Waals surface area contributed by atoms with E-state index in [-0.39, 0.29) is 23.0 Å².